The van der Waals surface area contributed by atoms with Crippen LogP contribution in [0, 0.1) is 5.92 Å². The Morgan fingerprint density at radius 2 is 1.59 bits per heavy atom. The molecule has 0 unspecified atom stereocenters. The van der Waals surface area contributed by atoms with Crippen LogP contribution in [0.15, 0.2) is 54.6 Å². The van der Waals surface area contributed by atoms with Crippen LogP contribution in [-0.2, 0) is 9.53 Å². The van der Waals surface area contributed by atoms with Gasteiger partial charge in [-0.1, -0.05) is 18.2 Å². The number of amides is 1. The normalized spacial score (nSPS) is 17.9. The van der Waals surface area contributed by atoms with E-state index in [1.54, 1.807) is 24.3 Å². The zero-order valence-corrected chi connectivity index (χ0v) is 18.5. The number of benzene rings is 2. The summed E-state index contributed by atoms with van der Waals surface area (Å²) in [6, 6.07) is 16.2. The highest BCUT2D eigenvalue weighted by Crippen LogP contribution is 2.28. The molecule has 0 aliphatic heterocycles. The van der Waals surface area contributed by atoms with Crippen molar-refractivity contribution in [2.75, 3.05) is 13.2 Å². The predicted octanol–water partition coefficient (Wildman–Crippen LogP) is 4.58. The molecule has 0 saturated heterocycles. The number of carbonyl (C=O) groups is 3. The number of nitrogens with one attached hydrogen (secondary N) is 1. The van der Waals surface area contributed by atoms with Gasteiger partial charge < -0.3 is 14.8 Å². The standard InChI is InChI=1S/C26H31NO5/c1-2-31-26(30)21-12-16-23(17-13-21)32-22-14-10-19(11-15-22)24(28)9-6-18-27-25(29)20-7-4-3-5-8-20/h3-5,7-8,10-11,14-15,21,23H,2,6,9,12-13,16-18H2,1H3,(H,27,29). The lowest BCUT2D eigenvalue weighted by Crippen LogP contribution is -2.29. The summed E-state index contributed by atoms with van der Waals surface area (Å²) in [7, 11) is 0. The van der Waals surface area contributed by atoms with E-state index in [1.165, 1.54) is 0 Å². The Labute approximate surface area is 189 Å². The summed E-state index contributed by atoms with van der Waals surface area (Å²) in [6.07, 6.45) is 4.22. The van der Waals surface area contributed by atoms with Crippen LogP contribution in [0.1, 0.15) is 66.2 Å². The highest BCUT2D eigenvalue weighted by molar-refractivity contribution is 5.96. The quantitative estimate of drug-likeness (QED) is 0.334. The number of rotatable bonds is 10. The van der Waals surface area contributed by atoms with E-state index in [-0.39, 0.29) is 29.7 Å². The van der Waals surface area contributed by atoms with Gasteiger partial charge in [-0.2, -0.15) is 0 Å². The maximum Gasteiger partial charge on any atom is 0.308 e. The first-order chi connectivity index (χ1) is 15.6. The van der Waals surface area contributed by atoms with E-state index in [0.717, 1.165) is 31.4 Å². The fourth-order valence-corrected chi connectivity index (χ4v) is 3.88. The van der Waals surface area contributed by atoms with Crippen LogP contribution in [0.2, 0.25) is 0 Å². The molecule has 1 fully saturated rings. The fraction of sp³-hybridized carbons (Fsp3) is 0.423. The summed E-state index contributed by atoms with van der Waals surface area (Å²) < 4.78 is 11.1. The van der Waals surface area contributed by atoms with Gasteiger partial charge in [-0.3, -0.25) is 14.4 Å². The topological polar surface area (TPSA) is 81.7 Å². The molecule has 0 atom stereocenters. The molecule has 3 rings (SSSR count). The molecule has 2 aromatic carbocycles. The predicted molar refractivity (Wildman–Crippen MR) is 122 cm³/mol. The van der Waals surface area contributed by atoms with Gasteiger partial charge in [0.2, 0.25) is 0 Å². The van der Waals surface area contributed by atoms with E-state index in [4.69, 9.17) is 9.47 Å². The van der Waals surface area contributed by atoms with Crippen molar-refractivity contribution < 1.29 is 23.9 Å². The Morgan fingerprint density at radius 3 is 2.25 bits per heavy atom. The van der Waals surface area contributed by atoms with Crippen LogP contribution >= 0.6 is 0 Å². The maximum absolute atomic E-state index is 12.4. The molecule has 170 valence electrons. The molecule has 6 nitrogen and oxygen atoms in total. The lowest BCUT2D eigenvalue weighted by Gasteiger charge is -2.27. The molecule has 1 saturated carbocycles. The highest BCUT2D eigenvalue weighted by atomic mass is 16.5. The van der Waals surface area contributed by atoms with Crippen molar-refractivity contribution in [2.45, 2.75) is 51.6 Å². The number of ketones is 1. The van der Waals surface area contributed by atoms with Gasteiger partial charge in [0, 0.05) is 24.1 Å². The second-order valence-electron chi connectivity index (χ2n) is 8.02. The molecule has 1 N–H and O–H groups in total. The molecule has 1 aliphatic rings. The molecule has 0 aromatic heterocycles. The maximum atomic E-state index is 12.4. The molecule has 1 aliphatic carbocycles. The molecular formula is C26H31NO5. The molecule has 6 heteroatoms. The van der Waals surface area contributed by atoms with Crippen molar-refractivity contribution in [1.29, 1.82) is 0 Å². The first kappa shape index (κ1) is 23.5. The third-order valence-electron chi connectivity index (χ3n) is 5.68. The largest absolute Gasteiger partial charge is 0.490 e. The van der Waals surface area contributed by atoms with Gasteiger partial charge >= 0.3 is 5.97 Å². The zero-order chi connectivity index (χ0) is 22.8. The Hall–Kier alpha value is -3.15. The first-order valence-electron chi connectivity index (χ1n) is 11.4. The average molecular weight is 438 g/mol. The zero-order valence-electron chi connectivity index (χ0n) is 18.5. The molecule has 0 bridgehead atoms. The van der Waals surface area contributed by atoms with E-state index in [2.05, 4.69) is 5.32 Å². The van der Waals surface area contributed by atoms with Crippen LogP contribution < -0.4 is 10.1 Å². The van der Waals surface area contributed by atoms with Crippen LogP contribution in [0.5, 0.6) is 5.75 Å². The van der Waals surface area contributed by atoms with Crippen molar-refractivity contribution in [2.24, 2.45) is 5.92 Å². The van der Waals surface area contributed by atoms with Gasteiger partial charge in [-0.15, -0.1) is 0 Å². The minimum absolute atomic E-state index is 0.0210. The van der Waals surface area contributed by atoms with Crippen molar-refractivity contribution in [3.8, 4) is 5.75 Å². The Morgan fingerprint density at radius 1 is 0.906 bits per heavy atom. The van der Waals surface area contributed by atoms with Crippen molar-refractivity contribution in [1.82, 2.24) is 5.32 Å². The third-order valence-corrected chi connectivity index (χ3v) is 5.68. The molecule has 32 heavy (non-hydrogen) atoms. The van der Waals surface area contributed by atoms with Crippen LogP contribution in [0.4, 0.5) is 0 Å². The fourth-order valence-electron chi connectivity index (χ4n) is 3.88. The van der Waals surface area contributed by atoms with Crippen molar-refractivity contribution in [3.63, 3.8) is 0 Å². The average Bonchev–Trinajstić information content (AvgIpc) is 2.83. The molecular weight excluding hydrogens is 406 g/mol. The minimum atomic E-state index is -0.129. The minimum Gasteiger partial charge on any atom is -0.490 e. The van der Waals surface area contributed by atoms with E-state index in [1.807, 2.05) is 37.3 Å². The molecule has 2 aromatic rings. The lowest BCUT2D eigenvalue weighted by molar-refractivity contribution is -0.149. The van der Waals surface area contributed by atoms with Gasteiger partial charge in [-0.25, -0.2) is 0 Å². The summed E-state index contributed by atoms with van der Waals surface area (Å²) in [6.45, 7) is 2.70. The van der Waals surface area contributed by atoms with E-state index >= 15 is 0 Å². The summed E-state index contributed by atoms with van der Waals surface area (Å²) >= 11 is 0. The molecule has 0 spiro atoms. The van der Waals surface area contributed by atoms with Crippen molar-refractivity contribution in [3.05, 3.63) is 65.7 Å². The second-order valence-corrected chi connectivity index (χ2v) is 8.02. The van der Waals surface area contributed by atoms with Gasteiger partial charge in [0.15, 0.2) is 5.78 Å². The summed E-state index contributed by atoms with van der Waals surface area (Å²) in [5.41, 5.74) is 1.25. The monoisotopic (exact) mass is 437 g/mol. The van der Waals surface area contributed by atoms with Gasteiger partial charge in [0.05, 0.1) is 18.6 Å². The second kappa shape index (κ2) is 12.0. The van der Waals surface area contributed by atoms with Crippen LogP contribution in [0.3, 0.4) is 0 Å². The number of ether oxygens (including phenoxy) is 2. The number of carbonyl (C=O) groups excluding carboxylic acids is 3. The third kappa shape index (κ3) is 6.94. The highest BCUT2D eigenvalue weighted by Gasteiger charge is 2.28. The smallest absolute Gasteiger partial charge is 0.308 e. The van der Waals surface area contributed by atoms with E-state index in [0.29, 0.717) is 37.1 Å². The van der Waals surface area contributed by atoms with Gasteiger partial charge in [-0.05, 0) is 75.4 Å². The number of hydrogen-bond acceptors (Lipinski definition) is 5. The summed E-state index contributed by atoms with van der Waals surface area (Å²) in [4.78, 5) is 36.3. The van der Waals surface area contributed by atoms with Crippen LogP contribution in [0.25, 0.3) is 0 Å². The van der Waals surface area contributed by atoms with E-state index in [9.17, 15) is 14.4 Å². The Kier molecular flexibility index (Phi) is 8.84. The Bertz CT molecular complexity index is 886. The number of Topliss-reactive ketones (excluding diaryl/α,β-unsaturated/α-hetero) is 1. The first-order valence-corrected chi connectivity index (χ1v) is 11.4. The van der Waals surface area contributed by atoms with Crippen molar-refractivity contribution >= 4 is 17.7 Å². The summed E-state index contributed by atoms with van der Waals surface area (Å²) in [5.74, 6) is 0.522. The van der Waals surface area contributed by atoms with Gasteiger partial charge in [0.1, 0.15) is 5.75 Å². The molecule has 0 heterocycles. The van der Waals surface area contributed by atoms with Crippen LogP contribution in [-0.4, -0.2) is 36.9 Å². The lowest BCUT2D eigenvalue weighted by atomic mass is 9.87. The summed E-state index contributed by atoms with van der Waals surface area (Å²) in [5, 5.41) is 2.84. The van der Waals surface area contributed by atoms with E-state index < -0.39 is 0 Å². The number of esters is 1. The van der Waals surface area contributed by atoms with Gasteiger partial charge in [0.25, 0.3) is 5.91 Å². The Balaban J connectivity index is 1.37. The SMILES string of the molecule is CCOC(=O)C1CCC(Oc2ccc(C(=O)CCCNC(=O)c3ccccc3)cc2)CC1. The molecule has 1 amide bonds. The number of hydrogen-bond donors (Lipinski definition) is 1. The molecule has 0 radical (unpaired) electrons.